The van der Waals surface area contributed by atoms with Crippen molar-refractivity contribution in [2.45, 2.75) is 24.1 Å². The number of aryl methyl sites for hydroxylation is 1. The molecule has 16 heavy (non-hydrogen) atoms. The number of nitrogens with zero attached hydrogens (tertiary/aromatic N) is 2. The van der Waals surface area contributed by atoms with Gasteiger partial charge in [0.1, 0.15) is 0 Å². The number of nitrogen functional groups attached to an aromatic ring is 1. The molecule has 0 aliphatic carbocycles. The molecule has 2 rings (SSSR count). The van der Waals surface area contributed by atoms with Crippen molar-refractivity contribution in [3.05, 3.63) is 42.5 Å². The number of rotatable bonds is 4. The van der Waals surface area contributed by atoms with Crippen molar-refractivity contribution in [1.82, 2.24) is 9.55 Å². The third-order valence-corrected chi connectivity index (χ3v) is 3.56. The lowest BCUT2D eigenvalue weighted by atomic mass is 10.3. The summed E-state index contributed by atoms with van der Waals surface area (Å²) in [6.07, 6.45) is 3.78. The minimum Gasteiger partial charge on any atom is -0.398 e. The van der Waals surface area contributed by atoms with E-state index in [1.807, 2.05) is 36.8 Å². The molecule has 0 bridgehead atoms. The number of aromatic nitrogens is 2. The monoisotopic (exact) mass is 233 g/mol. The van der Waals surface area contributed by atoms with Gasteiger partial charge in [-0.1, -0.05) is 12.1 Å². The van der Waals surface area contributed by atoms with Gasteiger partial charge in [-0.25, -0.2) is 4.98 Å². The standard InChI is InChI=1S/C12H15N3S/c1-2-15-9-14-7-10(15)8-16-12-6-4-3-5-11(12)13/h3-7,9H,2,8,13H2,1H3. The maximum Gasteiger partial charge on any atom is 0.0948 e. The summed E-state index contributed by atoms with van der Waals surface area (Å²) in [4.78, 5) is 5.28. The third kappa shape index (κ3) is 2.39. The molecule has 1 heterocycles. The van der Waals surface area contributed by atoms with Crippen molar-refractivity contribution in [3.63, 3.8) is 0 Å². The van der Waals surface area contributed by atoms with Crippen LogP contribution in [0.3, 0.4) is 0 Å². The molecule has 2 N–H and O–H groups in total. The predicted molar refractivity (Wildman–Crippen MR) is 68.3 cm³/mol. The lowest BCUT2D eigenvalue weighted by Crippen LogP contribution is -1.97. The summed E-state index contributed by atoms with van der Waals surface area (Å²) >= 11 is 1.75. The van der Waals surface area contributed by atoms with Crippen LogP contribution in [-0.4, -0.2) is 9.55 Å². The average Bonchev–Trinajstić information content (AvgIpc) is 2.75. The molecule has 0 amide bonds. The van der Waals surface area contributed by atoms with Gasteiger partial charge in [0.15, 0.2) is 0 Å². The zero-order valence-electron chi connectivity index (χ0n) is 9.26. The molecular formula is C12H15N3S. The molecule has 0 spiro atoms. The molecular weight excluding hydrogens is 218 g/mol. The van der Waals surface area contributed by atoms with E-state index in [1.165, 1.54) is 5.69 Å². The first-order valence-corrected chi connectivity index (χ1v) is 6.26. The lowest BCUT2D eigenvalue weighted by Gasteiger charge is -2.06. The molecule has 4 heteroatoms. The molecule has 0 radical (unpaired) electrons. The van der Waals surface area contributed by atoms with Gasteiger partial charge in [-0.05, 0) is 19.1 Å². The van der Waals surface area contributed by atoms with Gasteiger partial charge in [0.05, 0.1) is 6.33 Å². The number of nitrogens with two attached hydrogens (primary N) is 1. The van der Waals surface area contributed by atoms with Gasteiger partial charge in [-0.15, -0.1) is 11.8 Å². The Hall–Kier alpha value is -1.42. The first kappa shape index (κ1) is 11.1. The molecule has 1 aromatic heterocycles. The Morgan fingerprint density at radius 2 is 2.19 bits per heavy atom. The smallest absolute Gasteiger partial charge is 0.0948 e. The highest BCUT2D eigenvalue weighted by Crippen LogP contribution is 2.27. The van der Waals surface area contributed by atoms with Crippen LogP contribution in [0.25, 0.3) is 0 Å². The summed E-state index contributed by atoms with van der Waals surface area (Å²) < 4.78 is 2.14. The van der Waals surface area contributed by atoms with E-state index in [4.69, 9.17) is 5.73 Å². The number of benzene rings is 1. The Morgan fingerprint density at radius 1 is 1.38 bits per heavy atom. The highest BCUT2D eigenvalue weighted by atomic mass is 32.2. The zero-order chi connectivity index (χ0) is 11.4. The highest BCUT2D eigenvalue weighted by molar-refractivity contribution is 7.98. The largest absolute Gasteiger partial charge is 0.398 e. The van der Waals surface area contributed by atoms with Crippen LogP contribution in [-0.2, 0) is 12.3 Å². The molecule has 0 unspecified atom stereocenters. The van der Waals surface area contributed by atoms with Crippen LogP contribution >= 0.6 is 11.8 Å². The number of para-hydroxylation sites is 1. The van der Waals surface area contributed by atoms with E-state index in [0.717, 1.165) is 22.9 Å². The second kappa shape index (κ2) is 5.07. The first-order chi connectivity index (χ1) is 7.81. The van der Waals surface area contributed by atoms with Gasteiger partial charge in [0.2, 0.25) is 0 Å². The minimum absolute atomic E-state index is 0.843. The topological polar surface area (TPSA) is 43.8 Å². The quantitative estimate of drug-likeness (QED) is 0.652. The van der Waals surface area contributed by atoms with Crippen LogP contribution < -0.4 is 5.73 Å². The summed E-state index contributed by atoms with van der Waals surface area (Å²) in [5.41, 5.74) is 7.96. The molecule has 0 atom stereocenters. The fourth-order valence-electron chi connectivity index (χ4n) is 1.52. The molecule has 0 saturated heterocycles. The third-order valence-electron chi connectivity index (χ3n) is 2.43. The van der Waals surface area contributed by atoms with Crippen molar-refractivity contribution in [1.29, 1.82) is 0 Å². The second-order valence-corrected chi connectivity index (χ2v) is 4.51. The fourth-order valence-corrected chi connectivity index (χ4v) is 2.47. The van der Waals surface area contributed by atoms with E-state index in [2.05, 4.69) is 16.5 Å². The summed E-state index contributed by atoms with van der Waals surface area (Å²) in [5, 5.41) is 0. The number of imidazole rings is 1. The number of hydrogen-bond donors (Lipinski definition) is 1. The van der Waals surface area contributed by atoms with E-state index in [1.54, 1.807) is 11.8 Å². The summed E-state index contributed by atoms with van der Waals surface area (Å²) in [7, 11) is 0. The molecule has 0 fully saturated rings. The first-order valence-electron chi connectivity index (χ1n) is 5.27. The van der Waals surface area contributed by atoms with Crippen molar-refractivity contribution in [2.75, 3.05) is 5.73 Å². The number of anilines is 1. The second-order valence-electron chi connectivity index (χ2n) is 3.50. The van der Waals surface area contributed by atoms with Crippen LogP contribution in [0.5, 0.6) is 0 Å². The molecule has 1 aromatic carbocycles. The maximum absolute atomic E-state index is 5.89. The van der Waals surface area contributed by atoms with Crippen LogP contribution in [0.2, 0.25) is 0 Å². The molecule has 2 aromatic rings. The molecule has 0 aliphatic heterocycles. The SMILES string of the molecule is CCn1cncc1CSc1ccccc1N. The van der Waals surface area contributed by atoms with E-state index >= 15 is 0 Å². The van der Waals surface area contributed by atoms with Crippen LogP contribution in [0.15, 0.2) is 41.7 Å². The Morgan fingerprint density at radius 3 is 2.94 bits per heavy atom. The van der Waals surface area contributed by atoms with E-state index in [0.29, 0.717) is 0 Å². The maximum atomic E-state index is 5.89. The predicted octanol–water partition coefficient (Wildman–Crippen LogP) is 2.78. The molecule has 0 aliphatic rings. The van der Waals surface area contributed by atoms with Gasteiger partial charge in [-0.3, -0.25) is 0 Å². The van der Waals surface area contributed by atoms with Crippen molar-refractivity contribution in [3.8, 4) is 0 Å². The van der Waals surface area contributed by atoms with Crippen LogP contribution in [0, 0.1) is 0 Å². The Balaban J connectivity index is 2.05. The summed E-state index contributed by atoms with van der Waals surface area (Å²) in [6, 6.07) is 7.94. The van der Waals surface area contributed by atoms with Crippen molar-refractivity contribution in [2.24, 2.45) is 0 Å². The van der Waals surface area contributed by atoms with Crippen molar-refractivity contribution < 1.29 is 0 Å². The van der Waals surface area contributed by atoms with Crippen molar-refractivity contribution >= 4 is 17.4 Å². The lowest BCUT2D eigenvalue weighted by molar-refractivity contribution is 0.734. The van der Waals surface area contributed by atoms with Gasteiger partial charge in [0.25, 0.3) is 0 Å². The Labute approximate surface area is 99.7 Å². The fraction of sp³-hybridized carbons (Fsp3) is 0.250. The van der Waals surface area contributed by atoms with E-state index < -0.39 is 0 Å². The minimum atomic E-state index is 0.843. The summed E-state index contributed by atoms with van der Waals surface area (Å²) in [5.74, 6) is 0.905. The molecule has 84 valence electrons. The molecule has 3 nitrogen and oxygen atoms in total. The van der Waals surface area contributed by atoms with E-state index in [9.17, 15) is 0 Å². The zero-order valence-corrected chi connectivity index (χ0v) is 10.1. The van der Waals surface area contributed by atoms with E-state index in [-0.39, 0.29) is 0 Å². The van der Waals surface area contributed by atoms with Crippen LogP contribution in [0.4, 0.5) is 5.69 Å². The normalized spacial score (nSPS) is 10.6. The van der Waals surface area contributed by atoms with Gasteiger partial charge in [0, 0.05) is 34.8 Å². The highest BCUT2D eigenvalue weighted by Gasteiger charge is 2.03. The molecule has 0 saturated carbocycles. The number of thioether (sulfide) groups is 1. The summed E-state index contributed by atoms with van der Waals surface area (Å²) in [6.45, 7) is 3.08. The Bertz CT molecular complexity index is 465. The van der Waals surface area contributed by atoms with Gasteiger partial charge in [-0.2, -0.15) is 0 Å². The Kier molecular flexibility index (Phi) is 3.51. The average molecular weight is 233 g/mol. The van der Waals surface area contributed by atoms with Crippen LogP contribution in [0.1, 0.15) is 12.6 Å². The van der Waals surface area contributed by atoms with Gasteiger partial charge < -0.3 is 10.3 Å². The number of hydrogen-bond acceptors (Lipinski definition) is 3. The van der Waals surface area contributed by atoms with Gasteiger partial charge >= 0.3 is 0 Å².